The molecule has 1 aromatic carbocycles. The number of nitrogens with one attached hydrogen (secondary N) is 2. The molecule has 0 saturated heterocycles. The number of benzene rings is 1. The molecule has 1 rings (SSSR count). The Bertz CT molecular complexity index is 441. The number of para-hydroxylation sites is 1. The van der Waals surface area contributed by atoms with Gasteiger partial charge in [-0.15, -0.1) is 0 Å². The Kier molecular flexibility index (Phi) is 5.82. The number of carbonyl (C=O) groups excluding carboxylic acids is 1. The molecule has 0 aliphatic rings. The zero-order valence-corrected chi connectivity index (χ0v) is 12.7. The highest BCUT2D eigenvalue weighted by molar-refractivity contribution is 5.67. The molecule has 0 heterocycles. The Morgan fingerprint density at radius 3 is 2.55 bits per heavy atom. The van der Waals surface area contributed by atoms with Crippen molar-refractivity contribution >= 4 is 11.8 Å². The topological polar surface area (TPSA) is 76.4 Å². The molecule has 20 heavy (non-hydrogen) atoms. The van der Waals surface area contributed by atoms with Crippen LogP contribution in [0, 0.1) is 6.92 Å². The molecule has 0 fully saturated rings. The van der Waals surface area contributed by atoms with Crippen molar-refractivity contribution in [2.24, 2.45) is 5.73 Å². The highest BCUT2D eigenvalue weighted by atomic mass is 16.6. The lowest BCUT2D eigenvalue weighted by atomic mass is 10.1. The molecular weight excluding hydrogens is 254 g/mol. The fraction of sp³-hybridized carbons (Fsp3) is 0.533. The van der Waals surface area contributed by atoms with E-state index in [2.05, 4.69) is 10.6 Å². The number of alkyl carbamates (subject to hydrolysis) is 1. The SMILES string of the molecule is Cc1ccccc1NC(CN)CNC(=O)OC(C)(C)C. The molecule has 1 atom stereocenters. The lowest BCUT2D eigenvalue weighted by Crippen LogP contribution is -2.43. The lowest BCUT2D eigenvalue weighted by Gasteiger charge is -2.23. The number of amides is 1. The number of anilines is 1. The largest absolute Gasteiger partial charge is 0.444 e. The molecule has 0 aliphatic carbocycles. The van der Waals surface area contributed by atoms with Crippen LogP contribution in [0.3, 0.4) is 0 Å². The van der Waals surface area contributed by atoms with Gasteiger partial charge >= 0.3 is 6.09 Å². The number of nitrogens with two attached hydrogens (primary N) is 1. The minimum absolute atomic E-state index is 0.0383. The van der Waals surface area contributed by atoms with Crippen molar-refractivity contribution in [1.82, 2.24) is 5.32 Å². The van der Waals surface area contributed by atoms with Gasteiger partial charge in [-0.1, -0.05) is 18.2 Å². The second-order valence-electron chi connectivity index (χ2n) is 5.77. The van der Waals surface area contributed by atoms with E-state index in [9.17, 15) is 4.79 Å². The van der Waals surface area contributed by atoms with Gasteiger partial charge in [-0.3, -0.25) is 0 Å². The first-order valence-electron chi connectivity index (χ1n) is 6.81. The number of carbonyl (C=O) groups is 1. The molecule has 1 unspecified atom stereocenters. The normalized spacial score (nSPS) is 12.7. The smallest absolute Gasteiger partial charge is 0.407 e. The van der Waals surface area contributed by atoms with Crippen LogP contribution in [0.15, 0.2) is 24.3 Å². The van der Waals surface area contributed by atoms with Crippen molar-refractivity contribution in [2.75, 3.05) is 18.4 Å². The van der Waals surface area contributed by atoms with E-state index < -0.39 is 11.7 Å². The molecular formula is C15H25N3O2. The van der Waals surface area contributed by atoms with Crippen LogP contribution < -0.4 is 16.4 Å². The van der Waals surface area contributed by atoms with Crippen LogP contribution in [0.2, 0.25) is 0 Å². The highest BCUT2D eigenvalue weighted by Crippen LogP contribution is 2.14. The first kappa shape index (κ1) is 16.3. The Labute approximate surface area is 120 Å². The average Bonchev–Trinajstić information content (AvgIpc) is 2.34. The average molecular weight is 279 g/mol. The third kappa shape index (κ3) is 5.93. The van der Waals surface area contributed by atoms with E-state index >= 15 is 0 Å². The predicted octanol–water partition coefficient (Wildman–Crippen LogP) is 2.26. The Morgan fingerprint density at radius 1 is 1.35 bits per heavy atom. The molecule has 0 spiro atoms. The monoisotopic (exact) mass is 279 g/mol. The Hall–Kier alpha value is -1.75. The van der Waals surface area contributed by atoms with E-state index in [1.165, 1.54) is 0 Å². The quantitative estimate of drug-likeness (QED) is 0.772. The van der Waals surface area contributed by atoms with Gasteiger partial charge in [0.2, 0.25) is 0 Å². The third-order valence-corrected chi connectivity index (χ3v) is 2.68. The number of rotatable bonds is 5. The third-order valence-electron chi connectivity index (χ3n) is 2.68. The van der Waals surface area contributed by atoms with Gasteiger partial charge in [0.05, 0.1) is 6.04 Å². The van der Waals surface area contributed by atoms with E-state index in [0.29, 0.717) is 13.1 Å². The summed E-state index contributed by atoms with van der Waals surface area (Å²) in [6.07, 6.45) is -0.428. The van der Waals surface area contributed by atoms with Gasteiger partial charge in [0.1, 0.15) is 5.60 Å². The van der Waals surface area contributed by atoms with Crippen LogP contribution in [0.5, 0.6) is 0 Å². The van der Waals surface area contributed by atoms with E-state index in [0.717, 1.165) is 11.3 Å². The molecule has 0 radical (unpaired) electrons. The van der Waals surface area contributed by atoms with Gasteiger partial charge in [0.15, 0.2) is 0 Å². The van der Waals surface area contributed by atoms with Gasteiger partial charge < -0.3 is 21.1 Å². The molecule has 5 heteroatoms. The summed E-state index contributed by atoms with van der Waals surface area (Å²) < 4.78 is 5.19. The second kappa shape index (κ2) is 7.14. The predicted molar refractivity (Wildman–Crippen MR) is 81.9 cm³/mol. The summed E-state index contributed by atoms with van der Waals surface area (Å²) in [5.41, 5.74) is 7.40. The van der Waals surface area contributed by atoms with Gasteiger partial charge in [-0.2, -0.15) is 0 Å². The fourth-order valence-electron chi connectivity index (χ4n) is 1.67. The first-order chi connectivity index (χ1) is 9.31. The summed E-state index contributed by atoms with van der Waals surface area (Å²) in [7, 11) is 0. The minimum Gasteiger partial charge on any atom is -0.444 e. The molecule has 1 amide bonds. The maximum atomic E-state index is 11.6. The minimum atomic E-state index is -0.494. The summed E-state index contributed by atoms with van der Waals surface area (Å²) >= 11 is 0. The summed E-state index contributed by atoms with van der Waals surface area (Å²) in [5, 5.41) is 6.05. The van der Waals surface area contributed by atoms with Gasteiger partial charge in [-0.05, 0) is 39.3 Å². The van der Waals surface area contributed by atoms with Crippen LogP contribution >= 0.6 is 0 Å². The maximum Gasteiger partial charge on any atom is 0.407 e. The van der Waals surface area contributed by atoms with Crippen LogP contribution in [-0.2, 0) is 4.74 Å². The molecule has 0 bridgehead atoms. The molecule has 0 aromatic heterocycles. The number of ether oxygens (including phenoxy) is 1. The van der Waals surface area contributed by atoms with Crippen LogP contribution in [0.1, 0.15) is 26.3 Å². The van der Waals surface area contributed by atoms with Crippen molar-refractivity contribution in [3.8, 4) is 0 Å². The second-order valence-corrected chi connectivity index (χ2v) is 5.77. The molecule has 5 nitrogen and oxygen atoms in total. The maximum absolute atomic E-state index is 11.6. The van der Waals surface area contributed by atoms with Crippen molar-refractivity contribution in [3.63, 3.8) is 0 Å². The van der Waals surface area contributed by atoms with Crippen molar-refractivity contribution in [2.45, 2.75) is 39.3 Å². The summed E-state index contributed by atoms with van der Waals surface area (Å²) in [4.78, 5) is 11.6. The highest BCUT2D eigenvalue weighted by Gasteiger charge is 2.17. The van der Waals surface area contributed by atoms with Crippen LogP contribution in [-0.4, -0.2) is 30.8 Å². The van der Waals surface area contributed by atoms with Crippen molar-refractivity contribution < 1.29 is 9.53 Å². The lowest BCUT2D eigenvalue weighted by molar-refractivity contribution is 0.0526. The number of aryl methyl sites for hydroxylation is 1. The summed E-state index contributed by atoms with van der Waals surface area (Å²) in [5.74, 6) is 0. The van der Waals surface area contributed by atoms with Crippen molar-refractivity contribution in [3.05, 3.63) is 29.8 Å². The van der Waals surface area contributed by atoms with E-state index in [1.807, 2.05) is 52.0 Å². The Morgan fingerprint density at radius 2 is 2.00 bits per heavy atom. The van der Waals surface area contributed by atoms with Crippen LogP contribution in [0.4, 0.5) is 10.5 Å². The summed E-state index contributed by atoms with van der Waals surface area (Å²) in [6.45, 7) is 8.36. The number of hydrogen-bond donors (Lipinski definition) is 3. The fourth-order valence-corrected chi connectivity index (χ4v) is 1.67. The first-order valence-corrected chi connectivity index (χ1v) is 6.81. The molecule has 4 N–H and O–H groups in total. The van der Waals surface area contributed by atoms with E-state index in [4.69, 9.17) is 10.5 Å². The zero-order valence-electron chi connectivity index (χ0n) is 12.7. The molecule has 112 valence electrons. The van der Waals surface area contributed by atoms with Gasteiger partial charge in [0, 0.05) is 18.8 Å². The van der Waals surface area contributed by atoms with E-state index in [-0.39, 0.29) is 6.04 Å². The zero-order chi connectivity index (χ0) is 15.2. The van der Waals surface area contributed by atoms with Gasteiger partial charge in [0.25, 0.3) is 0 Å². The molecule has 0 aliphatic heterocycles. The Balaban J connectivity index is 2.48. The van der Waals surface area contributed by atoms with Crippen LogP contribution in [0.25, 0.3) is 0 Å². The summed E-state index contributed by atoms with van der Waals surface area (Å²) in [6, 6.07) is 7.92. The molecule has 0 saturated carbocycles. The van der Waals surface area contributed by atoms with Crippen molar-refractivity contribution in [1.29, 1.82) is 0 Å². The standard InChI is InChI=1S/C15H25N3O2/c1-11-7-5-6-8-13(11)18-12(9-16)10-17-14(19)20-15(2,3)4/h5-8,12,18H,9-10,16H2,1-4H3,(H,17,19). The van der Waals surface area contributed by atoms with E-state index in [1.54, 1.807) is 0 Å². The number of hydrogen-bond acceptors (Lipinski definition) is 4. The van der Waals surface area contributed by atoms with Gasteiger partial charge in [-0.25, -0.2) is 4.79 Å². The molecule has 1 aromatic rings.